The Hall–Kier alpha value is -0.620. The van der Waals surface area contributed by atoms with Gasteiger partial charge < -0.3 is 4.74 Å². The minimum Gasteiger partial charge on any atom is -0.381 e. The van der Waals surface area contributed by atoms with Gasteiger partial charge in [0.25, 0.3) is 0 Å². The zero-order chi connectivity index (χ0) is 14.6. The summed E-state index contributed by atoms with van der Waals surface area (Å²) in [6.45, 7) is 3.16. The Morgan fingerprint density at radius 1 is 1.40 bits per heavy atom. The molecule has 1 aromatic carbocycles. The number of hydrogen-bond donors (Lipinski definition) is 1. The van der Waals surface area contributed by atoms with Crippen molar-refractivity contribution in [1.29, 1.82) is 0 Å². The van der Waals surface area contributed by atoms with Gasteiger partial charge in [0.1, 0.15) is 0 Å². The summed E-state index contributed by atoms with van der Waals surface area (Å²) in [5.74, 6) is -0.0623. The highest BCUT2D eigenvalue weighted by Gasteiger charge is 2.35. The summed E-state index contributed by atoms with van der Waals surface area (Å²) >= 11 is 6.16. The first-order valence-electron chi connectivity index (χ1n) is 6.84. The van der Waals surface area contributed by atoms with Gasteiger partial charge in [0, 0.05) is 24.1 Å². The van der Waals surface area contributed by atoms with Crippen molar-refractivity contribution in [3.8, 4) is 0 Å². The summed E-state index contributed by atoms with van der Waals surface area (Å²) in [4.78, 5) is 0. The van der Waals surface area contributed by atoms with Gasteiger partial charge in [-0.05, 0) is 24.5 Å². The highest BCUT2D eigenvalue weighted by molar-refractivity contribution is 7.90. The fraction of sp³-hybridized carbons (Fsp3) is 0.571. The monoisotopic (exact) mass is 317 g/mol. The molecule has 0 saturated carbocycles. The van der Waals surface area contributed by atoms with E-state index < -0.39 is 15.3 Å². The van der Waals surface area contributed by atoms with Crippen LogP contribution in [0, 0.1) is 5.92 Å². The molecule has 0 radical (unpaired) electrons. The van der Waals surface area contributed by atoms with Gasteiger partial charge in [0.2, 0.25) is 10.0 Å². The van der Waals surface area contributed by atoms with E-state index in [1.165, 1.54) is 0 Å². The molecule has 112 valence electrons. The van der Waals surface area contributed by atoms with Crippen molar-refractivity contribution in [2.75, 3.05) is 19.8 Å². The largest absolute Gasteiger partial charge is 0.381 e. The molecule has 1 fully saturated rings. The molecule has 20 heavy (non-hydrogen) atoms. The molecule has 2 atom stereocenters. The second-order valence-electron chi connectivity index (χ2n) is 5.00. The lowest BCUT2D eigenvalue weighted by molar-refractivity contribution is 0.0570. The minimum atomic E-state index is -3.29. The van der Waals surface area contributed by atoms with Crippen molar-refractivity contribution in [2.24, 2.45) is 5.92 Å². The first-order chi connectivity index (χ1) is 9.54. The first-order valence-corrected chi connectivity index (χ1v) is 8.76. The SMILES string of the molecule is CCNS(=O)(=O)[C@H]1CCOC[C@@H]1Cc1ccccc1Cl. The lowest BCUT2D eigenvalue weighted by Crippen LogP contribution is -2.44. The molecule has 0 bridgehead atoms. The van der Waals surface area contributed by atoms with Crippen LogP contribution in [0.15, 0.2) is 24.3 Å². The Morgan fingerprint density at radius 2 is 2.15 bits per heavy atom. The van der Waals surface area contributed by atoms with Gasteiger partial charge in [-0.2, -0.15) is 0 Å². The van der Waals surface area contributed by atoms with Crippen molar-refractivity contribution in [3.05, 3.63) is 34.9 Å². The molecule has 1 aliphatic heterocycles. The van der Waals surface area contributed by atoms with Crippen molar-refractivity contribution >= 4 is 21.6 Å². The van der Waals surface area contributed by atoms with Gasteiger partial charge in [-0.3, -0.25) is 0 Å². The highest BCUT2D eigenvalue weighted by Crippen LogP contribution is 2.27. The number of sulfonamides is 1. The third-order valence-corrected chi connectivity index (χ3v) is 6.07. The predicted octanol–water partition coefficient (Wildman–Crippen LogP) is 2.23. The molecular formula is C14H20ClNO3S. The summed E-state index contributed by atoms with van der Waals surface area (Å²) in [5, 5.41) is 0.269. The Morgan fingerprint density at radius 3 is 2.85 bits per heavy atom. The molecule has 1 aliphatic rings. The van der Waals surface area contributed by atoms with E-state index in [9.17, 15) is 8.42 Å². The van der Waals surface area contributed by atoms with Crippen LogP contribution < -0.4 is 4.72 Å². The van der Waals surface area contributed by atoms with E-state index in [1.807, 2.05) is 24.3 Å². The molecule has 1 aromatic rings. The molecule has 0 unspecified atom stereocenters. The topological polar surface area (TPSA) is 55.4 Å². The van der Waals surface area contributed by atoms with E-state index in [4.69, 9.17) is 16.3 Å². The zero-order valence-electron chi connectivity index (χ0n) is 11.5. The van der Waals surface area contributed by atoms with Crippen LogP contribution in [0.3, 0.4) is 0 Å². The fourth-order valence-electron chi connectivity index (χ4n) is 2.63. The van der Waals surface area contributed by atoms with Gasteiger partial charge in [0.05, 0.1) is 11.9 Å². The normalized spacial score (nSPS) is 23.7. The van der Waals surface area contributed by atoms with Crippen LogP contribution in [-0.2, 0) is 21.2 Å². The second kappa shape index (κ2) is 6.89. The number of ether oxygens (including phenoxy) is 1. The first kappa shape index (κ1) is 15.8. The van der Waals surface area contributed by atoms with Crippen molar-refractivity contribution in [1.82, 2.24) is 4.72 Å². The molecule has 1 heterocycles. The van der Waals surface area contributed by atoms with E-state index in [-0.39, 0.29) is 5.92 Å². The minimum absolute atomic E-state index is 0.0623. The Bertz CT molecular complexity index is 547. The molecule has 0 amide bonds. The van der Waals surface area contributed by atoms with E-state index in [2.05, 4.69) is 4.72 Å². The molecule has 4 nitrogen and oxygen atoms in total. The van der Waals surface area contributed by atoms with Crippen molar-refractivity contribution in [2.45, 2.75) is 25.0 Å². The fourth-order valence-corrected chi connectivity index (χ4v) is 4.55. The van der Waals surface area contributed by atoms with Crippen LogP contribution in [0.2, 0.25) is 5.02 Å². The maximum Gasteiger partial charge on any atom is 0.214 e. The Labute approximate surface area is 125 Å². The standard InChI is InChI=1S/C14H20ClNO3S/c1-2-16-20(17,18)14-7-8-19-10-12(14)9-11-5-3-4-6-13(11)15/h3-6,12,14,16H,2,7-10H2,1H3/t12-,14-/m0/s1. The summed E-state index contributed by atoms with van der Waals surface area (Å²) < 4.78 is 32.6. The summed E-state index contributed by atoms with van der Waals surface area (Å²) in [6.07, 6.45) is 1.15. The number of benzene rings is 1. The van der Waals surface area contributed by atoms with Crippen LogP contribution in [-0.4, -0.2) is 33.4 Å². The van der Waals surface area contributed by atoms with Crippen LogP contribution >= 0.6 is 11.6 Å². The lowest BCUT2D eigenvalue weighted by Gasteiger charge is -2.31. The molecule has 1 N–H and O–H groups in total. The molecule has 1 saturated heterocycles. The van der Waals surface area contributed by atoms with Gasteiger partial charge in [-0.1, -0.05) is 36.7 Å². The number of hydrogen-bond acceptors (Lipinski definition) is 3. The van der Waals surface area contributed by atoms with Crippen molar-refractivity contribution in [3.63, 3.8) is 0 Å². The zero-order valence-corrected chi connectivity index (χ0v) is 13.1. The summed E-state index contributed by atoms with van der Waals surface area (Å²) in [5.41, 5.74) is 0.973. The van der Waals surface area contributed by atoms with Crippen molar-refractivity contribution < 1.29 is 13.2 Å². The Balaban J connectivity index is 2.18. The maximum absolute atomic E-state index is 12.3. The molecular weight excluding hydrogens is 298 g/mol. The highest BCUT2D eigenvalue weighted by atomic mass is 35.5. The molecule has 0 aromatic heterocycles. The van der Waals surface area contributed by atoms with E-state index >= 15 is 0 Å². The average Bonchev–Trinajstić information content (AvgIpc) is 2.42. The third-order valence-electron chi connectivity index (χ3n) is 3.59. The van der Waals surface area contributed by atoms with Gasteiger partial charge in [-0.15, -0.1) is 0 Å². The summed E-state index contributed by atoms with van der Waals surface area (Å²) in [6, 6.07) is 7.55. The van der Waals surface area contributed by atoms with E-state index in [0.29, 0.717) is 37.6 Å². The van der Waals surface area contributed by atoms with Gasteiger partial charge in [0.15, 0.2) is 0 Å². The quantitative estimate of drug-likeness (QED) is 0.906. The van der Waals surface area contributed by atoms with Crippen LogP contribution in [0.5, 0.6) is 0 Å². The second-order valence-corrected chi connectivity index (χ2v) is 7.39. The predicted molar refractivity (Wildman–Crippen MR) is 80.5 cm³/mol. The molecule has 0 spiro atoms. The average molecular weight is 318 g/mol. The third kappa shape index (κ3) is 3.73. The summed E-state index contributed by atoms with van der Waals surface area (Å²) in [7, 11) is -3.29. The van der Waals surface area contributed by atoms with Crippen LogP contribution in [0.4, 0.5) is 0 Å². The number of rotatable bonds is 5. The lowest BCUT2D eigenvalue weighted by atomic mass is 9.93. The molecule has 2 rings (SSSR count). The van der Waals surface area contributed by atoms with Crippen LogP contribution in [0.1, 0.15) is 18.9 Å². The molecule has 6 heteroatoms. The maximum atomic E-state index is 12.3. The van der Waals surface area contributed by atoms with Crippen LogP contribution in [0.25, 0.3) is 0 Å². The molecule has 0 aliphatic carbocycles. The number of nitrogens with one attached hydrogen (secondary N) is 1. The van der Waals surface area contributed by atoms with E-state index in [0.717, 1.165) is 5.56 Å². The number of halogens is 1. The smallest absolute Gasteiger partial charge is 0.214 e. The van der Waals surface area contributed by atoms with E-state index in [1.54, 1.807) is 6.92 Å². The van der Waals surface area contributed by atoms with Gasteiger partial charge >= 0.3 is 0 Å². The van der Waals surface area contributed by atoms with Gasteiger partial charge in [-0.25, -0.2) is 13.1 Å². The Kier molecular flexibility index (Phi) is 5.43.